The van der Waals surface area contributed by atoms with Crippen molar-refractivity contribution in [3.63, 3.8) is 0 Å². The largest absolute Gasteiger partial charge is 0.344 e. The lowest BCUT2D eigenvalue weighted by Gasteiger charge is -1.99. The van der Waals surface area contributed by atoms with Gasteiger partial charge in [0.2, 0.25) is 0 Å². The Labute approximate surface area is 101 Å². The number of nitrogens with one attached hydrogen (secondary N) is 2. The summed E-state index contributed by atoms with van der Waals surface area (Å²) in [6, 6.07) is 2.18. The molecule has 0 unspecified atom stereocenters. The average Bonchev–Trinajstić information content (AvgIpc) is 3.01. The Morgan fingerprint density at radius 2 is 2.47 bits per heavy atom. The minimum atomic E-state index is -0.299. The summed E-state index contributed by atoms with van der Waals surface area (Å²) in [5.74, 6) is -0.221. The van der Waals surface area contributed by atoms with Gasteiger partial charge in [0.1, 0.15) is 0 Å². The van der Waals surface area contributed by atoms with Crippen molar-refractivity contribution >= 4 is 17.2 Å². The highest BCUT2D eigenvalue weighted by molar-refractivity contribution is 7.12. The van der Waals surface area contributed by atoms with Gasteiger partial charge >= 0.3 is 0 Å². The summed E-state index contributed by atoms with van der Waals surface area (Å²) in [5, 5.41) is 15.6. The SMILES string of the molecule is O=C(NCc1cc2c(s1)CCC2)c1nn[nH]n1. The van der Waals surface area contributed by atoms with Crippen molar-refractivity contribution in [2.45, 2.75) is 25.8 Å². The normalized spacial score (nSPS) is 13.6. The standard InChI is InChI=1S/C10H11N5OS/c16-10(9-12-14-15-13-9)11-5-7-4-6-2-1-3-8(6)17-7/h4H,1-3,5H2,(H,11,16)(H,12,13,14,15). The van der Waals surface area contributed by atoms with Gasteiger partial charge in [-0.2, -0.15) is 5.21 Å². The van der Waals surface area contributed by atoms with Gasteiger partial charge in [-0.15, -0.1) is 21.5 Å². The number of aromatic nitrogens is 4. The average molecular weight is 249 g/mol. The molecule has 17 heavy (non-hydrogen) atoms. The Bertz CT molecular complexity index is 511. The van der Waals surface area contributed by atoms with Crippen molar-refractivity contribution in [2.24, 2.45) is 0 Å². The summed E-state index contributed by atoms with van der Waals surface area (Å²) in [4.78, 5) is 14.2. The number of aromatic amines is 1. The molecule has 2 aromatic heterocycles. The van der Waals surface area contributed by atoms with E-state index in [1.54, 1.807) is 11.3 Å². The lowest BCUT2D eigenvalue weighted by molar-refractivity contribution is 0.0941. The lowest BCUT2D eigenvalue weighted by Crippen LogP contribution is -2.23. The predicted octanol–water partition coefficient (Wildman–Crippen LogP) is 0.680. The van der Waals surface area contributed by atoms with E-state index in [4.69, 9.17) is 0 Å². The van der Waals surface area contributed by atoms with Crippen molar-refractivity contribution in [3.8, 4) is 0 Å². The van der Waals surface area contributed by atoms with Gasteiger partial charge in [0.05, 0.1) is 6.54 Å². The molecule has 0 radical (unpaired) electrons. The van der Waals surface area contributed by atoms with Crippen molar-refractivity contribution in [1.82, 2.24) is 25.9 Å². The number of nitrogens with zero attached hydrogens (tertiary/aromatic N) is 3. The Hall–Kier alpha value is -1.76. The van der Waals surface area contributed by atoms with Crippen molar-refractivity contribution < 1.29 is 4.79 Å². The second-order valence-corrected chi connectivity index (χ2v) is 5.15. The molecular formula is C10H11N5OS. The molecule has 88 valence electrons. The second kappa shape index (κ2) is 4.25. The summed E-state index contributed by atoms with van der Waals surface area (Å²) in [7, 11) is 0. The van der Waals surface area contributed by atoms with Crippen molar-refractivity contribution in [1.29, 1.82) is 0 Å². The number of hydrogen-bond donors (Lipinski definition) is 2. The third-order valence-electron chi connectivity index (χ3n) is 2.77. The van der Waals surface area contributed by atoms with Gasteiger partial charge in [0.25, 0.3) is 11.7 Å². The maximum absolute atomic E-state index is 11.6. The molecule has 0 aliphatic heterocycles. The highest BCUT2D eigenvalue weighted by Crippen LogP contribution is 2.30. The van der Waals surface area contributed by atoms with Crippen molar-refractivity contribution in [2.75, 3.05) is 0 Å². The first-order valence-corrected chi connectivity index (χ1v) is 6.26. The molecule has 0 fully saturated rings. The predicted molar refractivity (Wildman–Crippen MR) is 61.7 cm³/mol. The van der Waals surface area contributed by atoms with Crippen LogP contribution in [0.4, 0.5) is 0 Å². The minimum Gasteiger partial charge on any atom is -0.344 e. The molecule has 0 bridgehead atoms. The molecule has 0 aromatic carbocycles. The quantitative estimate of drug-likeness (QED) is 0.838. The molecule has 2 aromatic rings. The summed E-state index contributed by atoms with van der Waals surface area (Å²) in [6.45, 7) is 0.533. The monoisotopic (exact) mass is 249 g/mol. The summed E-state index contributed by atoms with van der Waals surface area (Å²) < 4.78 is 0. The number of rotatable bonds is 3. The van der Waals surface area contributed by atoms with Gasteiger partial charge in [-0.3, -0.25) is 4.79 Å². The van der Waals surface area contributed by atoms with Gasteiger partial charge in [0, 0.05) is 9.75 Å². The maximum atomic E-state index is 11.6. The van der Waals surface area contributed by atoms with Crippen LogP contribution in [0.1, 0.15) is 32.4 Å². The zero-order valence-electron chi connectivity index (χ0n) is 9.06. The van der Waals surface area contributed by atoms with E-state index < -0.39 is 0 Å². The van der Waals surface area contributed by atoms with Crippen LogP contribution in [0.5, 0.6) is 0 Å². The van der Waals surface area contributed by atoms with Crippen LogP contribution < -0.4 is 5.32 Å². The van der Waals surface area contributed by atoms with Crippen LogP contribution in [0.3, 0.4) is 0 Å². The summed E-state index contributed by atoms with van der Waals surface area (Å²) in [6.07, 6.45) is 3.61. The van der Waals surface area contributed by atoms with Crippen LogP contribution in [-0.2, 0) is 19.4 Å². The van der Waals surface area contributed by atoms with E-state index in [1.807, 2.05) is 0 Å². The van der Waals surface area contributed by atoms with Crippen LogP contribution in [0.2, 0.25) is 0 Å². The zero-order valence-corrected chi connectivity index (χ0v) is 9.88. The first-order valence-electron chi connectivity index (χ1n) is 5.45. The van der Waals surface area contributed by atoms with Crippen LogP contribution in [0, 0.1) is 0 Å². The van der Waals surface area contributed by atoms with E-state index in [0.29, 0.717) is 6.54 Å². The summed E-state index contributed by atoms with van der Waals surface area (Å²) in [5.41, 5.74) is 1.44. The van der Waals surface area contributed by atoms with E-state index >= 15 is 0 Å². The molecular weight excluding hydrogens is 238 g/mol. The first-order chi connectivity index (χ1) is 8.33. The molecule has 0 saturated heterocycles. The molecule has 0 atom stereocenters. The highest BCUT2D eigenvalue weighted by atomic mass is 32.1. The second-order valence-electron chi connectivity index (χ2n) is 3.93. The molecule has 0 saturated carbocycles. The molecule has 6 nitrogen and oxygen atoms in total. The molecule has 1 aliphatic rings. The van der Waals surface area contributed by atoms with Gasteiger partial charge < -0.3 is 5.32 Å². The first kappa shape index (κ1) is 10.4. The number of amides is 1. The number of thiophene rings is 1. The smallest absolute Gasteiger partial charge is 0.293 e. The molecule has 7 heteroatoms. The van der Waals surface area contributed by atoms with Crippen LogP contribution >= 0.6 is 11.3 Å². The van der Waals surface area contributed by atoms with E-state index in [2.05, 4.69) is 32.0 Å². The van der Waals surface area contributed by atoms with E-state index in [-0.39, 0.29) is 11.7 Å². The van der Waals surface area contributed by atoms with Gasteiger partial charge in [-0.25, -0.2) is 0 Å². The Morgan fingerprint density at radius 3 is 3.24 bits per heavy atom. The van der Waals surface area contributed by atoms with Crippen LogP contribution in [0.25, 0.3) is 0 Å². The van der Waals surface area contributed by atoms with E-state index in [1.165, 1.54) is 34.6 Å². The molecule has 2 heterocycles. The topological polar surface area (TPSA) is 83.6 Å². The minimum absolute atomic E-state index is 0.0779. The van der Waals surface area contributed by atoms with Crippen LogP contribution in [0.15, 0.2) is 6.07 Å². The number of fused-ring (bicyclic) bond motifs is 1. The van der Waals surface area contributed by atoms with Gasteiger partial charge in [-0.05, 0) is 36.1 Å². The molecule has 0 spiro atoms. The number of carbonyl (C=O) groups is 1. The fourth-order valence-electron chi connectivity index (χ4n) is 1.98. The number of tetrazole rings is 1. The highest BCUT2D eigenvalue weighted by Gasteiger charge is 2.16. The van der Waals surface area contributed by atoms with Crippen molar-refractivity contribution in [3.05, 3.63) is 27.2 Å². The van der Waals surface area contributed by atoms with E-state index in [9.17, 15) is 4.79 Å². The van der Waals surface area contributed by atoms with Gasteiger partial charge in [0.15, 0.2) is 0 Å². The summed E-state index contributed by atoms with van der Waals surface area (Å²) >= 11 is 1.78. The number of aryl methyl sites for hydroxylation is 2. The molecule has 1 aliphatic carbocycles. The third kappa shape index (κ3) is 2.05. The Balaban J connectivity index is 1.62. The zero-order chi connectivity index (χ0) is 11.7. The fraction of sp³-hybridized carbons (Fsp3) is 0.400. The number of H-pyrrole nitrogens is 1. The van der Waals surface area contributed by atoms with E-state index in [0.717, 1.165) is 0 Å². The maximum Gasteiger partial charge on any atom is 0.293 e. The van der Waals surface area contributed by atoms with Gasteiger partial charge in [-0.1, -0.05) is 0 Å². The Morgan fingerprint density at radius 1 is 1.53 bits per heavy atom. The lowest BCUT2D eigenvalue weighted by atomic mass is 10.2. The molecule has 2 N–H and O–H groups in total. The third-order valence-corrected chi connectivity index (χ3v) is 4.01. The fourth-order valence-corrected chi connectivity index (χ4v) is 3.18. The Kier molecular flexibility index (Phi) is 2.60. The van der Waals surface area contributed by atoms with Crippen LogP contribution in [-0.4, -0.2) is 26.5 Å². The number of carbonyl (C=O) groups excluding carboxylic acids is 1. The molecule has 1 amide bonds. The molecule has 3 rings (SSSR count). The number of hydrogen-bond acceptors (Lipinski definition) is 5.